The van der Waals surface area contributed by atoms with E-state index in [0.29, 0.717) is 26.3 Å². The highest BCUT2D eigenvalue weighted by molar-refractivity contribution is 9.10. The van der Waals surface area contributed by atoms with Crippen LogP contribution in [0.25, 0.3) is 22.9 Å². The maximum absolute atomic E-state index is 10.8. The molecule has 0 spiro atoms. The average molecular weight is 458 g/mol. The second-order valence-corrected chi connectivity index (χ2v) is 7.28. The molecule has 28 heavy (non-hydrogen) atoms. The first-order valence-electron chi connectivity index (χ1n) is 7.82. The zero-order valence-corrected chi connectivity index (χ0v) is 16.8. The van der Waals surface area contributed by atoms with Gasteiger partial charge < -0.3 is 9.84 Å². The Balaban J connectivity index is 1.94. The predicted molar refractivity (Wildman–Crippen MR) is 110 cm³/mol. The largest absolute Gasteiger partial charge is 0.503 e. The van der Waals surface area contributed by atoms with Crippen molar-refractivity contribution in [3.63, 3.8) is 0 Å². The third-order valence-corrected chi connectivity index (χ3v) is 5.29. The number of nitrogens with zero attached hydrogens (tertiary/aromatic N) is 3. The maximum Gasteiger partial charge on any atom is 0.269 e. The van der Waals surface area contributed by atoms with Gasteiger partial charge in [0.2, 0.25) is 0 Å². The van der Waals surface area contributed by atoms with E-state index >= 15 is 0 Å². The summed E-state index contributed by atoms with van der Waals surface area (Å²) in [4.78, 5) is 14.8. The number of allylic oxidation sites excluding steroid dienone is 1. The van der Waals surface area contributed by atoms with Gasteiger partial charge in [0.25, 0.3) is 5.69 Å². The van der Waals surface area contributed by atoms with Crippen LogP contribution in [-0.4, -0.2) is 22.1 Å². The molecule has 0 aliphatic heterocycles. The molecule has 0 saturated carbocycles. The van der Waals surface area contributed by atoms with E-state index in [4.69, 9.17) is 4.74 Å². The number of phenolic OH excluding ortho intramolecular Hbond substituents is 1. The summed E-state index contributed by atoms with van der Waals surface area (Å²) in [6, 6.07) is 11.5. The Kier molecular flexibility index (Phi) is 5.73. The molecule has 0 atom stereocenters. The Morgan fingerprint density at radius 2 is 2.11 bits per heavy atom. The number of rotatable bonds is 5. The molecule has 0 unspecified atom stereocenters. The van der Waals surface area contributed by atoms with Crippen molar-refractivity contribution in [2.75, 3.05) is 7.11 Å². The van der Waals surface area contributed by atoms with Crippen LogP contribution in [-0.2, 0) is 0 Å². The van der Waals surface area contributed by atoms with E-state index in [-0.39, 0.29) is 17.2 Å². The smallest absolute Gasteiger partial charge is 0.269 e. The molecule has 1 heterocycles. The molecule has 2 aromatic carbocycles. The molecule has 9 heteroatoms. The van der Waals surface area contributed by atoms with Crippen LogP contribution >= 0.6 is 27.3 Å². The van der Waals surface area contributed by atoms with Gasteiger partial charge in [-0.05, 0) is 51.8 Å². The van der Waals surface area contributed by atoms with Gasteiger partial charge in [0.05, 0.1) is 27.8 Å². The summed E-state index contributed by atoms with van der Waals surface area (Å²) in [5, 5.41) is 32.5. The summed E-state index contributed by atoms with van der Waals surface area (Å²) in [6.45, 7) is 0. The fourth-order valence-corrected chi connectivity index (χ4v) is 3.68. The highest BCUT2D eigenvalue weighted by Gasteiger charge is 2.13. The molecule has 7 nitrogen and oxygen atoms in total. The van der Waals surface area contributed by atoms with Crippen LogP contribution in [0.4, 0.5) is 5.69 Å². The Hall–Kier alpha value is -3.22. The number of non-ortho nitro benzene ring substituents is 1. The summed E-state index contributed by atoms with van der Waals surface area (Å²) < 4.78 is 5.57. The summed E-state index contributed by atoms with van der Waals surface area (Å²) >= 11 is 4.55. The predicted octanol–water partition coefficient (Wildman–Crippen LogP) is 5.26. The molecule has 0 radical (unpaired) electrons. The molecular weight excluding hydrogens is 446 g/mol. The Morgan fingerprint density at radius 1 is 1.39 bits per heavy atom. The van der Waals surface area contributed by atoms with E-state index in [1.807, 2.05) is 0 Å². The first-order valence-corrected chi connectivity index (χ1v) is 9.49. The minimum atomic E-state index is -0.461. The Bertz CT molecular complexity index is 1120. The van der Waals surface area contributed by atoms with Gasteiger partial charge in [-0.25, -0.2) is 4.98 Å². The second kappa shape index (κ2) is 8.21. The summed E-state index contributed by atoms with van der Waals surface area (Å²) in [6.07, 6.45) is 1.64. The number of thiazole rings is 1. The van der Waals surface area contributed by atoms with Crippen LogP contribution in [0.1, 0.15) is 10.6 Å². The van der Waals surface area contributed by atoms with Crippen molar-refractivity contribution >= 4 is 44.6 Å². The zero-order valence-electron chi connectivity index (χ0n) is 14.4. The molecule has 0 saturated heterocycles. The number of nitro groups is 1. The number of aromatic hydroxyl groups is 1. The van der Waals surface area contributed by atoms with Gasteiger partial charge in [0.1, 0.15) is 11.1 Å². The summed E-state index contributed by atoms with van der Waals surface area (Å²) in [5.74, 6) is 0.261. The number of nitriles is 1. The number of methoxy groups -OCH3 is 1. The highest BCUT2D eigenvalue weighted by atomic mass is 79.9. The van der Waals surface area contributed by atoms with E-state index < -0.39 is 4.92 Å². The number of ether oxygens (including phenoxy) is 1. The van der Waals surface area contributed by atoms with Gasteiger partial charge >= 0.3 is 0 Å². The molecule has 0 aliphatic rings. The summed E-state index contributed by atoms with van der Waals surface area (Å²) in [5.41, 5.74) is 2.35. The molecule has 3 rings (SSSR count). The third kappa shape index (κ3) is 4.03. The molecule has 3 aromatic rings. The van der Waals surface area contributed by atoms with Crippen molar-refractivity contribution in [3.05, 3.63) is 66.9 Å². The lowest BCUT2D eigenvalue weighted by atomic mass is 10.1. The minimum Gasteiger partial charge on any atom is -0.503 e. The van der Waals surface area contributed by atoms with E-state index in [0.717, 1.165) is 5.56 Å². The average Bonchev–Trinajstić information content (AvgIpc) is 3.18. The molecule has 0 amide bonds. The topological polar surface area (TPSA) is 109 Å². The van der Waals surface area contributed by atoms with Gasteiger partial charge in [0, 0.05) is 23.1 Å². The fraction of sp³-hybridized carbons (Fsp3) is 0.0526. The van der Waals surface area contributed by atoms with Crippen molar-refractivity contribution in [2.24, 2.45) is 0 Å². The van der Waals surface area contributed by atoms with Gasteiger partial charge in [-0.1, -0.05) is 0 Å². The first kappa shape index (κ1) is 19.5. The fourth-order valence-electron chi connectivity index (χ4n) is 2.43. The lowest BCUT2D eigenvalue weighted by molar-refractivity contribution is -0.384. The quantitative estimate of drug-likeness (QED) is 0.317. The number of hydrogen-bond acceptors (Lipinski definition) is 7. The van der Waals surface area contributed by atoms with Crippen LogP contribution in [0, 0.1) is 21.4 Å². The minimum absolute atomic E-state index is 0.00340. The van der Waals surface area contributed by atoms with Gasteiger partial charge in [0.15, 0.2) is 11.5 Å². The number of hydrogen-bond donors (Lipinski definition) is 1. The van der Waals surface area contributed by atoms with Crippen molar-refractivity contribution < 1.29 is 14.8 Å². The van der Waals surface area contributed by atoms with E-state index in [2.05, 4.69) is 27.0 Å². The van der Waals surface area contributed by atoms with Crippen LogP contribution in [0.2, 0.25) is 0 Å². The molecule has 0 bridgehead atoms. The van der Waals surface area contributed by atoms with Gasteiger partial charge in [-0.15, -0.1) is 11.3 Å². The van der Waals surface area contributed by atoms with Gasteiger partial charge in [-0.2, -0.15) is 5.26 Å². The normalized spacial score (nSPS) is 11.1. The maximum atomic E-state index is 10.8. The molecule has 1 N–H and O–H groups in total. The number of aromatic nitrogens is 1. The number of phenols is 1. The zero-order chi connectivity index (χ0) is 20.3. The highest BCUT2D eigenvalue weighted by Crippen LogP contribution is 2.36. The van der Waals surface area contributed by atoms with E-state index in [1.165, 1.54) is 30.6 Å². The van der Waals surface area contributed by atoms with Crippen molar-refractivity contribution in [1.29, 1.82) is 5.26 Å². The number of halogens is 1. The second-order valence-electron chi connectivity index (χ2n) is 5.57. The molecular formula is C19H12BrN3O4S. The molecule has 140 valence electrons. The van der Waals surface area contributed by atoms with E-state index in [9.17, 15) is 20.5 Å². The third-order valence-electron chi connectivity index (χ3n) is 3.81. The molecule has 0 aliphatic carbocycles. The molecule has 1 aromatic heterocycles. The summed E-state index contributed by atoms with van der Waals surface area (Å²) in [7, 11) is 1.44. The number of benzene rings is 2. The monoisotopic (exact) mass is 457 g/mol. The van der Waals surface area contributed by atoms with Crippen LogP contribution < -0.4 is 4.74 Å². The number of nitro benzene ring substituents is 1. The Morgan fingerprint density at radius 3 is 2.71 bits per heavy atom. The van der Waals surface area contributed by atoms with Crippen molar-refractivity contribution in [1.82, 2.24) is 4.98 Å². The van der Waals surface area contributed by atoms with Gasteiger partial charge in [-0.3, -0.25) is 10.1 Å². The first-order chi connectivity index (χ1) is 13.4. The lowest BCUT2D eigenvalue weighted by Gasteiger charge is -2.06. The van der Waals surface area contributed by atoms with E-state index in [1.54, 1.807) is 35.7 Å². The van der Waals surface area contributed by atoms with Crippen LogP contribution in [0.3, 0.4) is 0 Å². The Labute approximate surface area is 172 Å². The van der Waals surface area contributed by atoms with Crippen molar-refractivity contribution in [3.8, 4) is 28.8 Å². The standard InChI is InChI=1S/C19H12BrN3O4S/c1-27-17-8-11(7-15(20)18(17)24)6-13(9-21)19-22-16(10-28-19)12-2-4-14(5-3-12)23(25)26/h2-8,10,24H,1H3/b13-6+. The lowest BCUT2D eigenvalue weighted by Crippen LogP contribution is -1.88. The van der Waals surface area contributed by atoms with Crippen molar-refractivity contribution in [2.45, 2.75) is 0 Å². The SMILES string of the molecule is COc1cc(/C=C(\C#N)c2nc(-c3ccc([N+](=O)[O-])cc3)cs2)cc(Br)c1O. The molecule has 0 fully saturated rings. The van der Waals surface area contributed by atoms with Crippen LogP contribution in [0.5, 0.6) is 11.5 Å². The van der Waals surface area contributed by atoms with Crippen LogP contribution in [0.15, 0.2) is 46.3 Å².